The number of aromatic nitrogens is 1. The Hall–Kier alpha value is -3.11. The first-order valence-corrected chi connectivity index (χ1v) is 13.7. The SMILES string of the molecule is CN(CCOc1ccc(C(F)(F)F)cc1C(=O)N=c1sc(C(C)(C)C)cn1C[C@H]1CCCO1)c1ccccc1. The van der Waals surface area contributed by atoms with Gasteiger partial charge in [0.25, 0.3) is 5.91 Å². The summed E-state index contributed by atoms with van der Waals surface area (Å²) in [4.78, 5) is 21.1. The molecule has 0 radical (unpaired) electrons. The number of alkyl halides is 3. The van der Waals surface area contributed by atoms with E-state index in [2.05, 4.69) is 25.8 Å². The lowest BCUT2D eigenvalue weighted by atomic mass is 9.95. The summed E-state index contributed by atoms with van der Waals surface area (Å²) in [5.74, 6) is -0.715. The number of halogens is 3. The summed E-state index contributed by atoms with van der Waals surface area (Å²) in [6.07, 6.45) is -0.762. The van der Waals surface area contributed by atoms with Crippen molar-refractivity contribution in [2.24, 2.45) is 4.99 Å². The van der Waals surface area contributed by atoms with Crippen molar-refractivity contribution in [2.45, 2.75) is 57.9 Å². The molecule has 0 aliphatic carbocycles. The molecule has 0 unspecified atom stereocenters. The molecule has 10 heteroatoms. The zero-order chi connectivity index (χ0) is 28.2. The molecule has 1 aliphatic rings. The number of para-hydroxylation sites is 1. The topological polar surface area (TPSA) is 56.1 Å². The molecule has 1 amide bonds. The summed E-state index contributed by atoms with van der Waals surface area (Å²) in [6.45, 7) is 8.04. The summed E-state index contributed by atoms with van der Waals surface area (Å²) >= 11 is 1.36. The van der Waals surface area contributed by atoms with E-state index in [1.165, 1.54) is 17.4 Å². The minimum absolute atomic E-state index is 0.00975. The molecule has 4 rings (SSSR count). The van der Waals surface area contributed by atoms with E-state index in [1.54, 1.807) is 0 Å². The van der Waals surface area contributed by atoms with Crippen LogP contribution in [0.3, 0.4) is 0 Å². The number of thiazole rings is 1. The van der Waals surface area contributed by atoms with Gasteiger partial charge in [-0.05, 0) is 48.6 Å². The predicted octanol–water partition coefficient (Wildman–Crippen LogP) is 6.30. The average molecular weight is 562 g/mol. The predicted molar refractivity (Wildman–Crippen MR) is 147 cm³/mol. The van der Waals surface area contributed by atoms with Crippen LogP contribution < -0.4 is 14.4 Å². The van der Waals surface area contributed by atoms with Crippen LogP contribution in [0, 0.1) is 0 Å². The third kappa shape index (κ3) is 7.51. The second kappa shape index (κ2) is 12.0. The van der Waals surface area contributed by atoms with Crippen LogP contribution in [0.15, 0.2) is 59.7 Å². The summed E-state index contributed by atoms with van der Waals surface area (Å²) in [5.41, 5.74) is -0.359. The summed E-state index contributed by atoms with van der Waals surface area (Å²) < 4.78 is 54.2. The molecule has 1 saturated heterocycles. The van der Waals surface area contributed by atoms with Crippen molar-refractivity contribution in [2.75, 3.05) is 31.7 Å². The van der Waals surface area contributed by atoms with Crippen molar-refractivity contribution in [1.82, 2.24) is 4.57 Å². The van der Waals surface area contributed by atoms with Crippen molar-refractivity contribution in [3.05, 3.63) is 75.5 Å². The quantitative estimate of drug-likeness (QED) is 0.324. The molecule has 1 aromatic heterocycles. The largest absolute Gasteiger partial charge is 0.491 e. The van der Waals surface area contributed by atoms with Crippen LogP contribution in [-0.4, -0.2) is 43.4 Å². The summed E-state index contributed by atoms with van der Waals surface area (Å²) in [7, 11) is 1.89. The van der Waals surface area contributed by atoms with Crippen molar-refractivity contribution in [3.8, 4) is 5.75 Å². The van der Waals surface area contributed by atoms with Gasteiger partial charge >= 0.3 is 6.18 Å². The Morgan fingerprint density at radius 3 is 2.56 bits per heavy atom. The maximum atomic E-state index is 13.6. The number of nitrogens with zero attached hydrogens (tertiary/aromatic N) is 3. The molecule has 0 saturated carbocycles. The van der Waals surface area contributed by atoms with E-state index in [-0.39, 0.29) is 29.4 Å². The summed E-state index contributed by atoms with van der Waals surface area (Å²) in [5, 5.41) is 0. The minimum atomic E-state index is -4.61. The van der Waals surface area contributed by atoms with Crippen molar-refractivity contribution in [3.63, 3.8) is 0 Å². The van der Waals surface area contributed by atoms with Gasteiger partial charge in [-0.1, -0.05) is 39.0 Å². The number of rotatable bonds is 8. The van der Waals surface area contributed by atoms with E-state index in [4.69, 9.17) is 9.47 Å². The highest BCUT2D eigenvalue weighted by molar-refractivity contribution is 7.09. The molecular formula is C29H34F3N3O3S. The highest BCUT2D eigenvalue weighted by Gasteiger charge is 2.32. The first-order chi connectivity index (χ1) is 18.4. The van der Waals surface area contributed by atoms with Gasteiger partial charge in [0, 0.05) is 30.4 Å². The van der Waals surface area contributed by atoms with Gasteiger partial charge in [-0.15, -0.1) is 11.3 Å². The Bertz CT molecular complexity index is 1340. The molecule has 1 fully saturated rings. The number of anilines is 1. The first kappa shape index (κ1) is 28.9. The molecule has 2 aromatic carbocycles. The second-order valence-electron chi connectivity index (χ2n) is 10.6. The fourth-order valence-corrected chi connectivity index (χ4v) is 5.26. The van der Waals surface area contributed by atoms with E-state index < -0.39 is 17.6 Å². The van der Waals surface area contributed by atoms with Gasteiger partial charge in [0.15, 0.2) is 4.80 Å². The van der Waals surface area contributed by atoms with Crippen LogP contribution in [0.4, 0.5) is 18.9 Å². The number of benzene rings is 2. The Balaban J connectivity index is 1.64. The Morgan fingerprint density at radius 1 is 1.18 bits per heavy atom. The van der Waals surface area contributed by atoms with Crippen LogP contribution in [0.25, 0.3) is 0 Å². The maximum absolute atomic E-state index is 13.6. The molecule has 210 valence electrons. The number of carbonyl (C=O) groups is 1. The molecule has 0 spiro atoms. The third-order valence-corrected chi connectivity index (χ3v) is 7.95. The van der Waals surface area contributed by atoms with Crippen LogP contribution in [0.5, 0.6) is 5.75 Å². The normalized spacial score (nSPS) is 16.5. The van der Waals surface area contributed by atoms with Crippen LogP contribution >= 0.6 is 11.3 Å². The van der Waals surface area contributed by atoms with E-state index in [0.29, 0.717) is 24.5 Å². The van der Waals surface area contributed by atoms with Crippen molar-refractivity contribution >= 4 is 22.9 Å². The molecule has 6 nitrogen and oxygen atoms in total. The lowest BCUT2D eigenvalue weighted by Crippen LogP contribution is -2.24. The summed E-state index contributed by atoms with van der Waals surface area (Å²) in [6, 6.07) is 12.6. The van der Waals surface area contributed by atoms with Gasteiger partial charge < -0.3 is 18.9 Å². The van der Waals surface area contributed by atoms with Crippen LogP contribution in [-0.2, 0) is 22.9 Å². The Morgan fingerprint density at radius 2 is 1.92 bits per heavy atom. The molecule has 0 bridgehead atoms. The number of ether oxygens (including phenoxy) is 2. The third-order valence-electron chi connectivity index (χ3n) is 6.50. The molecule has 3 aromatic rings. The van der Waals surface area contributed by atoms with E-state index in [9.17, 15) is 18.0 Å². The van der Waals surface area contributed by atoms with Gasteiger partial charge in [0.2, 0.25) is 0 Å². The molecule has 1 atom stereocenters. The number of hydrogen-bond donors (Lipinski definition) is 0. The van der Waals surface area contributed by atoms with Crippen LogP contribution in [0.1, 0.15) is 54.4 Å². The van der Waals surface area contributed by atoms with Gasteiger partial charge in [0.1, 0.15) is 12.4 Å². The van der Waals surface area contributed by atoms with Gasteiger partial charge in [-0.2, -0.15) is 18.2 Å². The van der Waals surface area contributed by atoms with Crippen LogP contribution in [0.2, 0.25) is 0 Å². The monoisotopic (exact) mass is 561 g/mol. The highest BCUT2D eigenvalue weighted by Crippen LogP contribution is 2.33. The molecule has 1 aliphatic heterocycles. The number of carbonyl (C=O) groups excluding carboxylic acids is 1. The van der Waals surface area contributed by atoms with E-state index in [1.807, 2.05) is 53.0 Å². The van der Waals surface area contributed by atoms with E-state index >= 15 is 0 Å². The minimum Gasteiger partial charge on any atom is -0.491 e. The Kier molecular flexibility index (Phi) is 8.86. The van der Waals surface area contributed by atoms with Crippen molar-refractivity contribution in [1.29, 1.82) is 0 Å². The van der Waals surface area contributed by atoms with Crippen molar-refractivity contribution < 1.29 is 27.4 Å². The first-order valence-electron chi connectivity index (χ1n) is 12.9. The maximum Gasteiger partial charge on any atom is 0.416 e. The number of amides is 1. The Labute approximate surface area is 230 Å². The zero-order valence-corrected chi connectivity index (χ0v) is 23.4. The van der Waals surface area contributed by atoms with Gasteiger partial charge in [0.05, 0.1) is 30.3 Å². The molecule has 2 heterocycles. The van der Waals surface area contributed by atoms with Gasteiger partial charge in [-0.25, -0.2) is 0 Å². The molecule has 39 heavy (non-hydrogen) atoms. The zero-order valence-electron chi connectivity index (χ0n) is 22.6. The lowest BCUT2D eigenvalue weighted by molar-refractivity contribution is -0.137. The molecule has 0 N–H and O–H groups in total. The highest BCUT2D eigenvalue weighted by atomic mass is 32.1. The second-order valence-corrected chi connectivity index (χ2v) is 11.7. The number of hydrogen-bond acceptors (Lipinski definition) is 5. The fraction of sp³-hybridized carbons (Fsp3) is 0.448. The fourth-order valence-electron chi connectivity index (χ4n) is 4.20. The smallest absolute Gasteiger partial charge is 0.416 e. The standard InChI is InChI=1S/C29H34F3N3O3S/c1-28(2,3)25-19-35(18-22-11-8-15-37-22)27(39-25)33-26(36)23-17-20(29(30,31)32)12-13-24(23)38-16-14-34(4)21-9-6-5-7-10-21/h5-7,9-10,12-13,17,19,22H,8,11,14-16,18H2,1-4H3/t22-/m1/s1. The van der Waals surface area contributed by atoms with E-state index in [0.717, 1.165) is 35.5 Å². The number of likely N-dealkylation sites (N-methyl/N-ethyl adjacent to an activating group) is 1. The average Bonchev–Trinajstić information content (AvgIpc) is 3.54. The van der Waals surface area contributed by atoms with Gasteiger partial charge in [-0.3, -0.25) is 4.79 Å². The molecular weight excluding hydrogens is 527 g/mol. The lowest BCUT2D eigenvalue weighted by Gasteiger charge is -2.20.